The summed E-state index contributed by atoms with van der Waals surface area (Å²) >= 11 is 0.981. The average Bonchev–Trinajstić information content (AvgIpc) is 3.80. The number of carboxylic acid groups (broad SMARTS) is 1. The number of ether oxygens (including phenoxy) is 1. The number of carboxylic acids is 1. The number of aromatic amines is 1. The number of nitrogens with two attached hydrogens (primary N) is 1. The minimum absolute atomic E-state index is 0.0148. The van der Waals surface area contributed by atoms with Crippen LogP contribution < -0.4 is 31.1 Å². The van der Waals surface area contributed by atoms with E-state index in [0.29, 0.717) is 38.1 Å². The maximum Gasteiger partial charge on any atom is 0.326 e. The minimum Gasteiger partial charge on any atom is -0.492 e. The van der Waals surface area contributed by atoms with Crippen molar-refractivity contribution in [1.29, 1.82) is 5.41 Å². The summed E-state index contributed by atoms with van der Waals surface area (Å²) in [4.78, 5) is 24.8. The van der Waals surface area contributed by atoms with Crippen LogP contribution in [0.5, 0.6) is 5.75 Å². The summed E-state index contributed by atoms with van der Waals surface area (Å²) in [6.07, 6.45) is 4.52. The van der Waals surface area contributed by atoms with Crippen LogP contribution in [0, 0.1) is 5.41 Å². The molecule has 1 aliphatic rings. The van der Waals surface area contributed by atoms with Crippen LogP contribution in [0.25, 0.3) is 11.1 Å². The molecule has 3 heterocycles. The lowest BCUT2D eigenvalue weighted by Gasteiger charge is -2.16. The molecule has 0 unspecified atom stereocenters. The number of amides is 1. The van der Waals surface area contributed by atoms with E-state index in [1.165, 1.54) is 6.07 Å². The van der Waals surface area contributed by atoms with Gasteiger partial charge in [-0.25, -0.2) is 13.2 Å². The Labute approximate surface area is 269 Å². The first-order valence-corrected chi connectivity index (χ1v) is 16.8. The van der Waals surface area contributed by atoms with Gasteiger partial charge in [0.2, 0.25) is 0 Å². The Morgan fingerprint density at radius 1 is 1.15 bits per heavy atom. The van der Waals surface area contributed by atoms with Crippen LogP contribution in [0.1, 0.15) is 39.2 Å². The summed E-state index contributed by atoms with van der Waals surface area (Å²) in [5, 5.41) is 33.5. The van der Waals surface area contributed by atoms with Crippen LogP contribution in [0.4, 0.5) is 5.69 Å². The number of hydrogen-bond donors (Lipinski definition) is 8. The third-order valence-electron chi connectivity index (χ3n) is 7.22. The standard InChI is InChI=1S/C30H34N8O6S2/c31-30(32)34-8-2-5-24(29(40)41)37-28(39)27-23(7-10-45-27)38-46(42,43)25-13-22(12-21-6-9-44-26(21)25)20-4-1-3-18(11-20)14-33-15-19-16-35-36-17-19/h1,3-4,7,10-13,16-17,24,33,38H,2,5-6,8-9,14-15H2,(H,35,36)(H,37,39)(H,40,41)(H4,31,32,34)/t24-/m0/s1. The first-order valence-electron chi connectivity index (χ1n) is 14.4. The van der Waals surface area contributed by atoms with E-state index < -0.39 is 27.9 Å². The van der Waals surface area contributed by atoms with Gasteiger partial charge in [0.25, 0.3) is 15.9 Å². The fourth-order valence-electron chi connectivity index (χ4n) is 5.00. The molecule has 16 heteroatoms. The molecule has 1 aliphatic heterocycles. The summed E-state index contributed by atoms with van der Waals surface area (Å²) in [6, 6.07) is 11.5. The Kier molecular flexibility index (Phi) is 10.2. The van der Waals surface area contributed by atoms with Crippen molar-refractivity contribution in [2.45, 2.75) is 43.3 Å². The summed E-state index contributed by atoms with van der Waals surface area (Å²) < 4.78 is 35.9. The van der Waals surface area contributed by atoms with Crippen molar-refractivity contribution in [1.82, 2.24) is 26.1 Å². The zero-order valence-electron chi connectivity index (χ0n) is 24.6. The smallest absolute Gasteiger partial charge is 0.326 e. The molecular weight excluding hydrogens is 633 g/mol. The van der Waals surface area contributed by atoms with Crippen LogP contribution in [0.2, 0.25) is 0 Å². The third-order valence-corrected chi connectivity index (χ3v) is 9.50. The monoisotopic (exact) mass is 666 g/mol. The van der Waals surface area contributed by atoms with Gasteiger partial charge in [0.15, 0.2) is 5.96 Å². The number of sulfonamides is 1. The minimum atomic E-state index is -4.24. The van der Waals surface area contributed by atoms with Crippen LogP contribution in [0.3, 0.4) is 0 Å². The first kappa shape index (κ1) is 32.5. The molecule has 242 valence electrons. The SMILES string of the molecule is N=C(N)NCCC[C@H](NC(=O)c1sccc1NS(=O)(=O)c1cc(-c2cccc(CNCc3cn[nH]c3)c2)cc2c1OCC2)C(=O)O. The fourth-order valence-corrected chi connectivity index (χ4v) is 7.10. The van der Waals surface area contributed by atoms with E-state index in [-0.39, 0.29) is 40.1 Å². The number of H-pyrrole nitrogens is 1. The van der Waals surface area contributed by atoms with Crippen molar-refractivity contribution in [2.24, 2.45) is 5.73 Å². The fraction of sp³-hybridized carbons (Fsp3) is 0.267. The highest BCUT2D eigenvalue weighted by Crippen LogP contribution is 2.39. The molecule has 2 aromatic carbocycles. The summed E-state index contributed by atoms with van der Waals surface area (Å²) in [5.74, 6) is -1.94. The highest BCUT2D eigenvalue weighted by atomic mass is 32.2. The average molecular weight is 667 g/mol. The molecule has 1 atom stereocenters. The normalized spacial score (nSPS) is 13.0. The molecule has 0 saturated carbocycles. The molecule has 0 spiro atoms. The number of carbonyl (C=O) groups is 2. The van der Waals surface area contributed by atoms with Crippen LogP contribution in [-0.2, 0) is 34.3 Å². The molecule has 2 aromatic heterocycles. The van der Waals surface area contributed by atoms with Gasteiger partial charge in [-0.05, 0) is 64.7 Å². The Morgan fingerprint density at radius 3 is 2.74 bits per heavy atom. The number of rotatable bonds is 15. The molecule has 46 heavy (non-hydrogen) atoms. The van der Waals surface area contributed by atoms with E-state index in [1.807, 2.05) is 36.5 Å². The summed E-state index contributed by atoms with van der Waals surface area (Å²) in [6.45, 7) is 1.84. The molecule has 5 rings (SSSR count). The van der Waals surface area contributed by atoms with Gasteiger partial charge >= 0.3 is 5.97 Å². The maximum absolute atomic E-state index is 13.8. The summed E-state index contributed by atoms with van der Waals surface area (Å²) in [5.41, 5.74) is 9.61. The van der Waals surface area contributed by atoms with Gasteiger partial charge in [-0.2, -0.15) is 5.10 Å². The number of benzene rings is 2. The van der Waals surface area contributed by atoms with Crippen molar-refractivity contribution in [3.05, 3.63) is 81.8 Å². The van der Waals surface area contributed by atoms with E-state index >= 15 is 0 Å². The highest BCUT2D eigenvalue weighted by molar-refractivity contribution is 7.92. The number of nitrogens with one attached hydrogen (secondary N) is 6. The second kappa shape index (κ2) is 14.4. The number of carbonyl (C=O) groups excluding carboxylic acids is 1. The number of aliphatic carboxylic acids is 1. The zero-order chi connectivity index (χ0) is 32.7. The lowest BCUT2D eigenvalue weighted by Crippen LogP contribution is -2.41. The molecule has 4 aromatic rings. The van der Waals surface area contributed by atoms with E-state index in [4.69, 9.17) is 15.9 Å². The molecule has 0 radical (unpaired) electrons. The van der Waals surface area contributed by atoms with Gasteiger partial charge in [-0.1, -0.05) is 18.2 Å². The number of thiophene rings is 1. The van der Waals surface area contributed by atoms with Crippen LogP contribution >= 0.6 is 11.3 Å². The van der Waals surface area contributed by atoms with Gasteiger partial charge < -0.3 is 31.5 Å². The zero-order valence-corrected chi connectivity index (χ0v) is 26.3. The molecule has 14 nitrogen and oxygen atoms in total. The Balaban J connectivity index is 1.33. The second-order valence-corrected chi connectivity index (χ2v) is 13.2. The van der Waals surface area contributed by atoms with E-state index in [2.05, 4.69) is 30.9 Å². The van der Waals surface area contributed by atoms with E-state index in [9.17, 15) is 23.1 Å². The Morgan fingerprint density at radius 2 is 1.98 bits per heavy atom. The Hall–Kier alpha value is -4.93. The van der Waals surface area contributed by atoms with Crippen molar-refractivity contribution >= 4 is 44.9 Å². The Bertz CT molecular complexity index is 1820. The number of nitrogens with zero attached hydrogens (tertiary/aromatic N) is 1. The summed E-state index contributed by atoms with van der Waals surface area (Å²) in [7, 11) is -4.24. The molecule has 0 fully saturated rings. The maximum atomic E-state index is 13.8. The van der Waals surface area contributed by atoms with Crippen LogP contribution in [-0.4, -0.2) is 60.8 Å². The van der Waals surface area contributed by atoms with Gasteiger partial charge in [0.1, 0.15) is 21.6 Å². The second-order valence-electron chi connectivity index (χ2n) is 10.6. The highest BCUT2D eigenvalue weighted by Gasteiger charge is 2.29. The van der Waals surface area contributed by atoms with Gasteiger partial charge in [-0.15, -0.1) is 11.3 Å². The van der Waals surface area contributed by atoms with Crippen molar-refractivity contribution in [2.75, 3.05) is 17.9 Å². The number of fused-ring (bicyclic) bond motifs is 1. The van der Waals surface area contributed by atoms with Crippen LogP contribution in [0.15, 0.2) is 65.1 Å². The number of anilines is 1. The first-order chi connectivity index (χ1) is 22.1. The predicted octanol–water partition coefficient (Wildman–Crippen LogP) is 2.61. The topological polar surface area (TPSA) is 224 Å². The van der Waals surface area contributed by atoms with Crippen molar-refractivity contribution in [3.8, 4) is 16.9 Å². The molecular formula is C30H34N8O6S2. The molecule has 1 amide bonds. The molecule has 0 aliphatic carbocycles. The number of aromatic nitrogens is 2. The molecule has 0 saturated heterocycles. The number of guanidine groups is 1. The van der Waals surface area contributed by atoms with Gasteiger partial charge in [0, 0.05) is 37.8 Å². The largest absolute Gasteiger partial charge is 0.492 e. The predicted molar refractivity (Wildman–Crippen MR) is 173 cm³/mol. The van der Waals surface area contributed by atoms with Gasteiger partial charge in [-0.3, -0.25) is 20.0 Å². The van der Waals surface area contributed by atoms with E-state index in [1.54, 1.807) is 17.6 Å². The quantitative estimate of drug-likeness (QED) is 0.0526. The van der Waals surface area contributed by atoms with Crippen molar-refractivity contribution in [3.63, 3.8) is 0 Å². The van der Waals surface area contributed by atoms with Crippen molar-refractivity contribution < 1.29 is 27.9 Å². The number of hydrogen-bond acceptors (Lipinski definition) is 9. The van der Waals surface area contributed by atoms with Gasteiger partial charge in [0.05, 0.1) is 18.5 Å². The molecule has 9 N–H and O–H groups in total. The third kappa shape index (κ3) is 8.01. The lowest BCUT2D eigenvalue weighted by molar-refractivity contribution is -0.139. The van der Waals surface area contributed by atoms with E-state index in [0.717, 1.165) is 33.6 Å². The lowest BCUT2D eigenvalue weighted by atomic mass is 10.00. The molecule has 0 bridgehead atoms.